The smallest absolute Gasteiger partial charge is 0.223 e. The number of thiazole rings is 1. The van der Waals surface area contributed by atoms with Crippen LogP contribution in [-0.4, -0.2) is 53.9 Å². The summed E-state index contributed by atoms with van der Waals surface area (Å²) in [5.41, 5.74) is 0.717. The van der Waals surface area contributed by atoms with Crippen LogP contribution in [0.15, 0.2) is 5.38 Å². The zero-order valence-electron chi connectivity index (χ0n) is 13.6. The van der Waals surface area contributed by atoms with Crippen molar-refractivity contribution in [2.45, 2.75) is 39.7 Å². The average Bonchev–Trinajstić information content (AvgIpc) is 3.13. The molecule has 1 amide bonds. The third kappa shape index (κ3) is 3.44. The van der Waals surface area contributed by atoms with E-state index in [1.165, 1.54) is 0 Å². The predicted octanol–water partition coefficient (Wildman–Crippen LogP) is 1.62. The summed E-state index contributed by atoms with van der Waals surface area (Å²) in [5.74, 6) is 0.309. The van der Waals surface area contributed by atoms with Crippen molar-refractivity contribution >= 4 is 27.3 Å². The standard InChI is InChI=1S/C15H23N3O3S2/c1-3-6-23(20,21)18-5-4-15(11-18)7-14(19)17(10-15)8-13-9-22-12(2)16-13/h9H,3-8,10-11H2,1-2H3/t15-/m0/s1. The van der Waals surface area contributed by atoms with Crippen LogP contribution in [0, 0.1) is 12.3 Å². The van der Waals surface area contributed by atoms with Gasteiger partial charge in [-0.1, -0.05) is 6.92 Å². The largest absolute Gasteiger partial charge is 0.336 e. The molecule has 2 fully saturated rings. The van der Waals surface area contributed by atoms with Gasteiger partial charge in [0.1, 0.15) is 0 Å². The second kappa shape index (κ2) is 6.14. The number of hydrogen-bond acceptors (Lipinski definition) is 5. The molecular weight excluding hydrogens is 334 g/mol. The van der Waals surface area contributed by atoms with Crippen molar-refractivity contribution in [3.05, 3.63) is 16.1 Å². The molecule has 3 rings (SSSR count). The van der Waals surface area contributed by atoms with E-state index in [2.05, 4.69) is 4.98 Å². The molecule has 2 aliphatic rings. The fourth-order valence-electron chi connectivity index (χ4n) is 3.59. The lowest BCUT2D eigenvalue weighted by Gasteiger charge is -2.23. The Kier molecular flexibility index (Phi) is 4.50. The van der Waals surface area contributed by atoms with Crippen molar-refractivity contribution in [1.29, 1.82) is 0 Å². The fourth-order valence-corrected chi connectivity index (χ4v) is 5.81. The second-order valence-corrected chi connectivity index (χ2v) is 9.83. The van der Waals surface area contributed by atoms with Gasteiger partial charge in [0.15, 0.2) is 0 Å². The summed E-state index contributed by atoms with van der Waals surface area (Å²) in [7, 11) is -3.17. The minimum Gasteiger partial charge on any atom is -0.336 e. The summed E-state index contributed by atoms with van der Waals surface area (Å²) in [6.07, 6.45) is 1.85. The summed E-state index contributed by atoms with van der Waals surface area (Å²) in [6, 6.07) is 0. The summed E-state index contributed by atoms with van der Waals surface area (Å²) < 4.78 is 26.1. The maximum Gasteiger partial charge on any atom is 0.223 e. The van der Waals surface area contributed by atoms with E-state index in [4.69, 9.17) is 0 Å². The molecule has 1 atom stereocenters. The molecule has 0 aliphatic carbocycles. The third-order valence-corrected chi connectivity index (χ3v) is 7.53. The molecule has 1 spiro atoms. The number of aromatic nitrogens is 1. The molecule has 0 aromatic carbocycles. The van der Waals surface area contributed by atoms with Crippen LogP contribution in [0.5, 0.6) is 0 Å². The number of carbonyl (C=O) groups is 1. The van der Waals surface area contributed by atoms with Gasteiger partial charge >= 0.3 is 0 Å². The predicted molar refractivity (Wildman–Crippen MR) is 89.6 cm³/mol. The van der Waals surface area contributed by atoms with Crippen molar-refractivity contribution in [2.24, 2.45) is 5.41 Å². The molecule has 2 saturated heterocycles. The molecule has 8 heteroatoms. The fraction of sp³-hybridized carbons (Fsp3) is 0.733. The Morgan fingerprint density at radius 2 is 2.17 bits per heavy atom. The van der Waals surface area contributed by atoms with Gasteiger partial charge in [0.05, 0.1) is 23.0 Å². The van der Waals surface area contributed by atoms with Crippen LogP contribution in [-0.2, 0) is 21.4 Å². The quantitative estimate of drug-likeness (QED) is 0.803. The van der Waals surface area contributed by atoms with Gasteiger partial charge in [0, 0.05) is 36.9 Å². The maximum atomic E-state index is 12.4. The first-order chi connectivity index (χ1) is 10.8. The number of rotatable bonds is 5. The molecule has 1 aromatic rings. The van der Waals surface area contributed by atoms with E-state index >= 15 is 0 Å². The normalized spacial score (nSPS) is 25.8. The zero-order valence-corrected chi connectivity index (χ0v) is 15.3. The van der Waals surface area contributed by atoms with Gasteiger partial charge in [-0.2, -0.15) is 0 Å². The highest BCUT2D eigenvalue weighted by Crippen LogP contribution is 2.41. The Morgan fingerprint density at radius 3 is 2.83 bits per heavy atom. The zero-order chi connectivity index (χ0) is 16.7. The number of aryl methyl sites for hydroxylation is 1. The minimum absolute atomic E-state index is 0.116. The molecule has 0 radical (unpaired) electrons. The highest BCUT2D eigenvalue weighted by molar-refractivity contribution is 7.89. The first-order valence-electron chi connectivity index (χ1n) is 8.00. The molecule has 6 nitrogen and oxygen atoms in total. The van der Waals surface area contributed by atoms with E-state index in [1.807, 2.05) is 24.1 Å². The number of carbonyl (C=O) groups excluding carboxylic acids is 1. The number of likely N-dealkylation sites (tertiary alicyclic amines) is 1. The first kappa shape index (κ1) is 16.9. The van der Waals surface area contributed by atoms with Crippen molar-refractivity contribution in [1.82, 2.24) is 14.2 Å². The lowest BCUT2D eigenvalue weighted by Crippen LogP contribution is -2.35. The van der Waals surface area contributed by atoms with Gasteiger partial charge in [-0.05, 0) is 19.8 Å². The van der Waals surface area contributed by atoms with E-state index in [9.17, 15) is 13.2 Å². The third-order valence-electron chi connectivity index (χ3n) is 4.68. The first-order valence-corrected chi connectivity index (χ1v) is 10.5. The van der Waals surface area contributed by atoms with E-state index in [-0.39, 0.29) is 17.1 Å². The Hall–Kier alpha value is -0.990. The van der Waals surface area contributed by atoms with Crippen molar-refractivity contribution < 1.29 is 13.2 Å². The summed E-state index contributed by atoms with van der Waals surface area (Å²) in [5, 5.41) is 2.99. The molecule has 0 saturated carbocycles. The van der Waals surface area contributed by atoms with Gasteiger partial charge in [-0.15, -0.1) is 11.3 Å². The second-order valence-electron chi connectivity index (χ2n) is 6.68. The van der Waals surface area contributed by atoms with Crippen molar-refractivity contribution in [3.63, 3.8) is 0 Å². The topological polar surface area (TPSA) is 70.6 Å². The summed E-state index contributed by atoms with van der Waals surface area (Å²) in [6.45, 7) is 6.02. The van der Waals surface area contributed by atoms with Crippen molar-refractivity contribution in [2.75, 3.05) is 25.4 Å². The van der Waals surface area contributed by atoms with Gasteiger partial charge < -0.3 is 4.90 Å². The number of nitrogens with zero attached hydrogens (tertiary/aromatic N) is 3. The minimum atomic E-state index is -3.17. The van der Waals surface area contributed by atoms with E-state index < -0.39 is 10.0 Å². The summed E-state index contributed by atoms with van der Waals surface area (Å²) in [4.78, 5) is 18.6. The van der Waals surface area contributed by atoms with Crippen LogP contribution in [0.25, 0.3) is 0 Å². The van der Waals surface area contributed by atoms with E-state index in [1.54, 1.807) is 15.6 Å². The summed E-state index contributed by atoms with van der Waals surface area (Å²) >= 11 is 1.59. The van der Waals surface area contributed by atoms with Gasteiger partial charge in [-0.25, -0.2) is 17.7 Å². The monoisotopic (exact) mass is 357 g/mol. The molecule has 0 unspecified atom stereocenters. The molecule has 1 aromatic heterocycles. The molecule has 3 heterocycles. The van der Waals surface area contributed by atoms with E-state index in [0.29, 0.717) is 39.0 Å². The lowest BCUT2D eigenvalue weighted by molar-refractivity contribution is -0.128. The number of sulfonamides is 1. The number of hydrogen-bond donors (Lipinski definition) is 0. The molecule has 128 valence electrons. The molecule has 2 aliphatic heterocycles. The van der Waals surface area contributed by atoms with Gasteiger partial charge in [0.25, 0.3) is 0 Å². The maximum absolute atomic E-state index is 12.4. The molecular formula is C15H23N3O3S2. The Balaban J connectivity index is 1.67. The van der Waals surface area contributed by atoms with Crippen molar-refractivity contribution in [3.8, 4) is 0 Å². The van der Waals surface area contributed by atoms with Crippen LogP contribution in [0.4, 0.5) is 0 Å². The Bertz CT molecular complexity index is 701. The lowest BCUT2D eigenvalue weighted by atomic mass is 9.86. The van der Waals surface area contributed by atoms with Crippen LogP contribution >= 0.6 is 11.3 Å². The van der Waals surface area contributed by atoms with Crippen LogP contribution in [0.1, 0.15) is 36.9 Å². The Morgan fingerprint density at radius 1 is 1.39 bits per heavy atom. The van der Waals surface area contributed by atoms with Crippen LogP contribution < -0.4 is 0 Å². The van der Waals surface area contributed by atoms with Crippen LogP contribution in [0.2, 0.25) is 0 Å². The molecule has 0 bridgehead atoms. The SMILES string of the molecule is CCCS(=O)(=O)N1CC[C@@]2(CC(=O)N(Cc3csc(C)n3)C2)C1. The molecule has 23 heavy (non-hydrogen) atoms. The molecule has 0 N–H and O–H groups in total. The van der Waals surface area contributed by atoms with Gasteiger partial charge in [0.2, 0.25) is 15.9 Å². The highest BCUT2D eigenvalue weighted by atomic mass is 32.2. The van der Waals surface area contributed by atoms with Gasteiger partial charge in [-0.3, -0.25) is 4.79 Å². The average molecular weight is 358 g/mol. The number of amides is 1. The highest BCUT2D eigenvalue weighted by Gasteiger charge is 2.49. The van der Waals surface area contributed by atoms with E-state index in [0.717, 1.165) is 17.1 Å². The Labute approximate surface area is 141 Å². The van der Waals surface area contributed by atoms with Crippen LogP contribution in [0.3, 0.4) is 0 Å².